The highest BCUT2D eigenvalue weighted by Crippen LogP contribution is 2.15. The zero-order chi connectivity index (χ0) is 15.5. The fraction of sp³-hybridized carbons (Fsp3) is 0.143. The molecule has 108 valence electrons. The van der Waals surface area contributed by atoms with Gasteiger partial charge in [0.2, 0.25) is 0 Å². The molecule has 0 aliphatic rings. The molecule has 1 N–H and O–H groups in total. The highest BCUT2D eigenvalue weighted by atomic mass is 16.5. The number of rotatable bonds is 4. The number of carboxylic acids is 1. The van der Waals surface area contributed by atoms with E-state index in [1.54, 1.807) is 12.1 Å². The number of benzene rings is 1. The van der Waals surface area contributed by atoms with Crippen molar-refractivity contribution in [3.05, 3.63) is 64.7 Å². The first-order chi connectivity index (χ1) is 10.1. The Morgan fingerprint density at radius 2 is 2.00 bits per heavy atom. The molecule has 0 saturated carbocycles. The molecule has 0 saturated heterocycles. The normalized spacial score (nSPS) is 8.81. The van der Waals surface area contributed by atoms with Crippen LogP contribution in [0.4, 0.5) is 5.82 Å². The average molecular weight is 286 g/mol. The first-order valence-electron chi connectivity index (χ1n) is 5.99. The van der Waals surface area contributed by atoms with Gasteiger partial charge in [-0.3, -0.25) is 9.78 Å². The molecular formula is C14H14N4O3. The van der Waals surface area contributed by atoms with Crippen LogP contribution in [0.15, 0.2) is 53.8 Å². The Balaban J connectivity index is 0.000000491. The number of aliphatic carboxylic acids is 1. The van der Waals surface area contributed by atoms with E-state index in [1.807, 2.05) is 30.3 Å². The van der Waals surface area contributed by atoms with E-state index in [0.29, 0.717) is 18.2 Å². The molecule has 1 aromatic heterocycles. The average Bonchev–Trinajstić information content (AvgIpc) is 2.47. The lowest BCUT2D eigenvalue weighted by Gasteiger charge is -2.05. The van der Waals surface area contributed by atoms with Crippen LogP contribution in [0.25, 0.3) is 10.4 Å². The third-order valence-corrected chi connectivity index (χ3v) is 2.12. The minimum atomic E-state index is -0.833. The Hall–Kier alpha value is -3.05. The molecule has 0 aliphatic heterocycles. The maximum atomic E-state index is 9.00. The van der Waals surface area contributed by atoms with E-state index in [9.17, 15) is 0 Å². The van der Waals surface area contributed by atoms with Gasteiger partial charge in [0.05, 0.1) is 6.20 Å². The maximum absolute atomic E-state index is 9.00. The molecule has 1 heterocycles. The molecule has 0 unspecified atom stereocenters. The van der Waals surface area contributed by atoms with Gasteiger partial charge >= 0.3 is 0 Å². The number of hydrogen-bond acceptors (Lipinski definition) is 4. The SMILES string of the molecule is CC(=O)O.[N-]=[N+]=Nc1ccc(OCc2ccccc2)cn1. The van der Waals surface area contributed by atoms with Gasteiger partial charge in [-0.15, -0.1) is 0 Å². The van der Waals surface area contributed by atoms with Crippen LogP contribution in [-0.4, -0.2) is 16.1 Å². The monoisotopic (exact) mass is 286 g/mol. The lowest BCUT2D eigenvalue weighted by Crippen LogP contribution is -1.94. The molecule has 1 aromatic carbocycles. The molecule has 7 nitrogen and oxygen atoms in total. The summed E-state index contributed by atoms with van der Waals surface area (Å²) in [5.74, 6) is 0.144. The molecule has 0 aliphatic carbocycles. The lowest BCUT2D eigenvalue weighted by atomic mass is 10.2. The Morgan fingerprint density at radius 1 is 1.33 bits per heavy atom. The molecule has 0 atom stereocenters. The van der Waals surface area contributed by atoms with Gasteiger partial charge in [-0.25, -0.2) is 0 Å². The number of hydrogen-bond donors (Lipinski definition) is 1. The molecule has 0 amide bonds. The van der Waals surface area contributed by atoms with Crippen molar-refractivity contribution in [2.24, 2.45) is 5.11 Å². The van der Waals surface area contributed by atoms with Crippen molar-refractivity contribution < 1.29 is 14.6 Å². The second-order valence-corrected chi connectivity index (χ2v) is 3.83. The Morgan fingerprint density at radius 3 is 2.52 bits per heavy atom. The number of aromatic nitrogens is 1. The van der Waals surface area contributed by atoms with Crippen LogP contribution in [0.3, 0.4) is 0 Å². The summed E-state index contributed by atoms with van der Waals surface area (Å²) in [6.07, 6.45) is 1.53. The summed E-state index contributed by atoms with van der Waals surface area (Å²) in [4.78, 5) is 15.6. The van der Waals surface area contributed by atoms with Crippen molar-refractivity contribution in [2.45, 2.75) is 13.5 Å². The van der Waals surface area contributed by atoms with E-state index in [4.69, 9.17) is 20.2 Å². The Kier molecular flexibility index (Phi) is 6.82. The zero-order valence-corrected chi connectivity index (χ0v) is 11.4. The standard InChI is InChI=1S/C12H10N4O.C2H4O2/c13-16-15-12-7-6-11(8-14-12)17-9-10-4-2-1-3-5-10;1-2(3)4/h1-8H,9H2;1H3,(H,3,4). The van der Waals surface area contributed by atoms with E-state index in [1.165, 1.54) is 6.20 Å². The van der Waals surface area contributed by atoms with Crippen LogP contribution in [0.2, 0.25) is 0 Å². The molecule has 0 bridgehead atoms. The summed E-state index contributed by atoms with van der Waals surface area (Å²) in [5.41, 5.74) is 9.32. The molecule has 7 heteroatoms. The van der Waals surface area contributed by atoms with Gasteiger partial charge in [-0.2, -0.15) is 0 Å². The van der Waals surface area contributed by atoms with Crippen molar-refractivity contribution >= 4 is 11.8 Å². The highest BCUT2D eigenvalue weighted by Gasteiger charge is 1.96. The number of nitrogens with zero attached hydrogens (tertiary/aromatic N) is 4. The number of azide groups is 1. The van der Waals surface area contributed by atoms with Crippen LogP contribution in [0.1, 0.15) is 12.5 Å². The number of carbonyl (C=O) groups is 1. The van der Waals surface area contributed by atoms with Gasteiger partial charge in [0.15, 0.2) is 0 Å². The summed E-state index contributed by atoms with van der Waals surface area (Å²) in [7, 11) is 0. The topological polar surface area (TPSA) is 108 Å². The summed E-state index contributed by atoms with van der Waals surface area (Å²) in [6, 6.07) is 13.2. The molecule has 21 heavy (non-hydrogen) atoms. The first kappa shape index (κ1) is 16.0. The fourth-order valence-corrected chi connectivity index (χ4v) is 1.30. The van der Waals surface area contributed by atoms with Gasteiger partial charge < -0.3 is 9.84 Å². The number of pyridine rings is 1. The van der Waals surface area contributed by atoms with Crippen molar-refractivity contribution in [2.75, 3.05) is 0 Å². The van der Waals surface area contributed by atoms with Gasteiger partial charge in [0.25, 0.3) is 5.97 Å². The Bertz CT molecular complexity index is 604. The molecule has 2 aromatic rings. The van der Waals surface area contributed by atoms with Gasteiger partial charge in [-0.05, 0) is 28.3 Å². The third kappa shape index (κ3) is 7.19. The van der Waals surface area contributed by atoms with Gasteiger partial charge in [0.1, 0.15) is 18.2 Å². The van der Waals surface area contributed by atoms with Crippen LogP contribution < -0.4 is 4.74 Å². The third-order valence-electron chi connectivity index (χ3n) is 2.12. The first-order valence-corrected chi connectivity index (χ1v) is 5.99. The number of carboxylic acid groups (broad SMARTS) is 1. The predicted molar refractivity (Wildman–Crippen MR) is 77.1 cm³/mol. The van der Waals surface area contributed by atoms with Crippen LogP contribution in [0.5, 0.6) is 5.75 Å². The summed E-state index contributed by atoms with van der Waals surface area (Å²) < 4.78 is 5.53. The highest BCUT2D eigenvalue weighted by molar-refractivity contribution is 5.62. The van der Waals surface area contributed by atoms with Gasteiger partial charge in [0, 0.05) is 11.8 Å². The molecule has 0 spiro atoms. The van der Waals surface area contributed by atoms with Crippen LogP contribution >= 0.6 is 0 Å². The second-order valence-electron chi connectivity index (χ2n) is 3.83. The van der Waals surface area contributed by atoms with E-state index in [0.717, 1.165) is 12.5 Å². The summed E-state index contributed by atoms with van der Waals surface area (Å²) >= 11 is 0. The van der Waals surface area contributed by atoms with Crippen molar-refractivity contribution in [1.82, 2.24) is 4.98 Å². The van der Waals surface area contributed by atoms with E-state index in [2.05, 4.69) is 15.0 Å². The molecular weight excluding hydrogens is 272 g/mol. The second kappa shape index (κ2) is 8.95. The van der Waals surface area contributed by atoms with Crippen LogP contribution in [-0.2, 0) is 11.4 Å². The lowest BCUT2D eigenvalue weighted by molar-refractivity contribution is -0.134. The van der Waals surface area contributed by atoms with Crippen molar-refractivity contribution in [1.29, 1.82) is 0 Å². The quantitative estimate of drug-likeness (QED) is 0.525. The summed E-state index contributed by atoms with van der Waals surface area (Å²) in [6.45, 7) is 1.57. The fourth-order valence-electron chi connectivity index (χ4n) is 1.30. The minimum Gasteiger partial charge on any atom is -0.487 e. The molecule has 0 fully saturated rings. The Labute approximate surface area is 121 Å². The van der Waals surface area contributed by atoms with Gasteiger partial charge in [-0.1, -0.05) is 30.3 Å². The zero-order valence-electron chi connectivity index (χ0n) is 11.4. The molecule has 0 radical (unpaired) electrons. The largest absolute Gasteiger partial charge is 0.487 e. The smallest absolute Gasteiger partial charge is 0.300 e. The minimum absolute atomic E-state index is 0.333. The van der Waals surface area contributed by atoms with Crippen LogP contribution in [0, 0.1) is 0 Å². The van der Waals surface area contributed by atoms with Crippen molar-refractivity contribution in [3.63, 3.8) is 0 Å². The predicted octanol–water partition coefficient (Wildman–Crippen LogP) is 3.69. The number of ether oxygens (including phenoxy) is 1. The maximum Gasteiger partial charge on any atom is 0.300 e. The van der Waals surface area contributed by atoms with E-state index < -0.39 is 5.97 Å². The van der Waals surface area contributed by atoms with E-state index >= 15 is 0 Å². The molecule has 2 rings (SSSR count). The summed E-state index contributed by atoms with van der Waals surface area (Å²) in [5, 5.41) is 10.8. The van der Waals surface area contributed by atoms with Crippen molar-refractivity contribution in [3.8, 4) is 5.75 Å². The van der Waals surface area contributed by atoms with E-state index in [-0.39, 0.29) is 0 Å².